The minimum Gasteiger partial charge on any atom is -0.477 e. The number of carboxylic acid groups (broad SMARTS) is 1. The predicted octanol–water partition coefficient (Wildman–Crippen LogP) is 3.15. The lowest BCUT2D eigenvalue weighted by atomic mass is 10.0. The van der Waals surface area contributed by atoms with Crippen molar-refractivity contribution in [3.8, 4) is 0 Å². The van der Waals surface area contributed by atoms with Crippen LogP contribution in [0.25, 0.3) is 0 Å². The summed E-state index contributed by atoms with van der Waals surface area (Å²) in [5.41, 5.74) is 1.36. The van der Waals surface area contributed by atoms with E-state index in [-0.39, 0.29) is 11.6 Å². The molecule has 10 nitrogen and oxygen atoms in total. The first kappa shape index (κ1) is 26.6. The van der Waals surface area contributed by atoms with E-state index >= 15 is 0 Å². The largest absolute Gasteiger partial charge is 0.477 e. The minimum atomic E-state index is -1.18. The summed E-state index contributed by atoms with van der Waals surface area (Å²) >= 11 is 4.00. The fourth-order valence-electron chi connectivity index (χ4n) is 3.77. The first-order chi connectivity index (χ1) is 17.5. The smallest absolute Gasteiger partial charge is 0.352 e. The second-order valence-electron chi connectivity index (χ2n) is 7.98. The Labute approximate surface area is 221 Å². The van der Waals surface area contributed by atoms with Crippen LogP contribution >= 0.6 is 35.3 Å². The van der Waals surface area contributed by atoms with Gasteiger partial charge >= 0.3 is 5.97 Å². The zero-order chi connectivity index (χ0) is 25.5. The lowest BCUT2D eigenvalue weighted by Crippen LogP contribution is -2.70. The Kier molecular flexibility index (Phi) is 9.35. The number of aromatic nitrogens is 2. The number of hydrogen-bond acceptors (Lipinski definition) is 10. The van der Waals surface area contributed by atoms with Gasteiger partial charge in [0.15, 0.2) is 0 Å². The van der Waals surface area contributed by atoms with Crippen LogP contribution in [-0.2, 0) is 19.1 Å². The lowest BCUT2D eigenvalue weighted by Gasteiger charge is -2.49. The van der Waals surface area contributed by atoms with Crippen molar-refractivity contribution in [3.63, 3.8) is 0 Å². The maximum Gasteiger partial charge on any atom is 0.352 e. The molecule has 2 aliphatic rings. The minimum absolute atomic E-state index is 0.0421. The van der Waals surface area contributed by atoms with E-state index in [4.69, 9.17) is 9.15 Å². The highest BCUT2D eigenvalue weighted by Gasteiger charge is 2.54. The Hall–Kier alpha value is -2.48. The van der Waals surface area contributed by atoms with Gasteiger partial charge in [0.25, 0.3) is 11.1 Å². The number of fused-ring (bicyclic) bond motifs is 1. The van der Waals surface area contributed by atoms with Crippen LogP contribution in [0.5, 0.6) is 0 Å². The van der Waals surface area contributed by atoms with Gasteiger partial charge in [0, 0.05) is 18.1 Å². The number of benzene rings is 1. The number of unbranched alkanes of at least 4 members (excludes halogenated alkanes) is 1. The molecule has 2 amide bonds. The molecule has 0 spiro atoms. The highest BCUT2D eigenvalue weighted by atomic mass is 32.2. The molecule has 1 aromatic heterocycles. The number of nitrogens with zero attached hydrogens (tertiary/aromatic N) is 3. The van der Waals surface area contributed by atoms with Crippen molar-refractivity contribution in [3.05, 3.63) is 53.6 Å². The van der Waals surface area contributed by atoms with E-state index in [0.29, 0.717) is 34.8 Å². The molecule has 2 aliphatic heterocycles. The van der Waals surface area contributed by atoms with Crippen molar-refractivity contribution in [2.45, 2.75) is 41.7 Å². The summed E-state index contributed by atoms with van der Waals surface area (Å²) in [6.45, 7) is 2.71. The summed E-state index contributed by atoms with van der Waals surface area (Å²) in [7, 11) is 0. The van der Waals surface area contributed by atoms with Gasteiger partial charge in [-0.2, -0.15) is 0 Å². The van der Waals surface area contributed by atoms with Gasteiger partial charge in [0.2, 0.25) is 12.3 Å². The van der Waals surface area contributed by atoms with Crippen LogP contribution in [-0.4, -0.2) is 73.5 Å². The third-order valence-corrected chi connectivity index (χ3v) is 8.94. The molecule has 1 saturated heterocycles. The van der Waals surface area contributed by atoms with Gasteiger partial charge in [0.05, 0.1) is 5.94 Å². The van der Waals surface area contributed by atoms with Crippen LogP contribution in [0.15, 0.2) is 57.6 Å². The maximum absolute atomic E-state index is 13.3. The molecular weight excluding hydrogens is 524 g/mol. The van der Waals surface area contributed by atoms with E-state index in [2.05, 4.69) is 22.4 Å². The van der Waals surface area contributed by atoms with Crippen molar-refractivity contribution in [1.82, 2.24) is 20.4 Å². The number of carboxylic acids is 1. The molecule has 2 aromatic rings. The third-order valence-electron chi connectivity index (χ3n) is 5.56. The summed E-state index contributed by atoms with van der Waals surface area (Å²) < 4.78 is 10.7. The quantitative estimate of drug-likeness (QED) is 0.165. The molecule has 192 valence electrons. The first-order valence-corrected chi connectivity index (χ1v) is 14.4. The van der Waals surface area contributed by atoms with Crippen LogP contribution in [0.3, 0.4) is 0 Å². The molecule has 13 heteroatoms. The highest BCUT2D eigenvalue weighted by Crippen LogP contribution is 2.42. The second-order valence-corrected chi connectivity index (χ2v) is 11.1. The van der Waals surface area contributed by atoms with Gasteiger partial charge in [0.1, 0.15) is 22.4 Å². The molecule has 4 rings (SSSR count). The van der Waals surface area contributed by atoms with Crippen LogP contribution < -0.4 is 5.32 Å². The molecule has 0 bridgehead atoms. The number of β-lactam (4-membered cyclic amide) rings is 1. The summed E-state index contributed by atoms with van der Waals surface area (Å²) in [4.78, 5) is 39.6. The number of thioether (sulfide) groups is 3. The van der Waals surface area contributed by atoms with Gasteiger partial charge in [-0.3, -0.25) is 14.5 Å². The van der Waals surface area contributed by atoms with Gasteiger partial charge in [-0.15, -0.1) is 33.7 Å². The molecule has 36 heavy (non-hydrogen) atoms. The Balaban J connectivity index is 1.43. The average Bonchev–Trinajstić information content (AvgIpc) is 3.41. The molecular formula is C23H26N4O6S3. The lowest BCUT2D eigenvalue weighted by molar-refractivity contribution is -0.150. The third kappa shape index (κ3) is 6.07. The summed E-state index contributed by atoms with van der Waals surface area (Å²) in [5.74, 6) is -0.859. The Morgan fingerprint density at radius 1 is 1.36 bits per heavy atom. The van der Waals surface area contributed by atoms with Gasteiger partial charge < -0.3 is 19.6 Å². The van der Waals surface area contributed by atoms with E-state index in [1.165, 1.54) is 46.6 Å². The molecule has 3 heterocycles. The number of nitrogens with one attached hydrogen (secondary N) is 1. The van der Waals surface area contributed by atoms with Crippen molar-refractivity contribution in [1.29, 1.82) is 0 Å². The van der Waals surface area contributed by atoms with Crippen molar-refractivity contribution < 1.29 is 28.6 Å². The van der Waals surface area contributed by atoms with Gasteiger partial charge in [-0.05, 0) is 17.6 Å². The Bertz CT molecular complexity index is 1100. The van der Waals surface area contributed by atoms with E-state index in [9.17, 15) is 19.5 Å². The topological polar surface area (TPSA) is 135 Å². The molecule has 0 radical (unpaired) electrons. The molecule has 0 aliphatic carbocycles. The standard InChI is InChI=1S/C23H26N4O6S3/c1-2-3-9-32-13-36-18(14-7-5-4-6-8-14)19(28)25-16-20(29)27-17(22(30)31)15(10-34-21(16)27)11-35-23-26-24-12-33-23/h4-8,12,16,18,21H,2-3,9-11,13H2,1H3,(H,25,28)(H,30,31)/t16-,18?,21?/m0/s1. The summed E-state index contributed by atoms with van der Waals surface area (Å²) in [6.07, 6.45) is 3.17. The number of carbonyl (C=O) groups is 3. The average molecular weight is 551 g/mol. The zero-order valence-electron chi connectivity index (χ0n) is 19.5. The monoisotopic (exact) mass is 550 g/mol. The van der Waals surface area contributed by atoms with Crippen LogP contribution in [0.4, 0.5) is 0 Å². The van der Waals surface area contributed by atoms with Gasteiger partial charge in [-0.1, -0.05) is 55.4 Å². The first-order valence-electron chi connectivity index (χ1n) is 11.3. The van der Waals surface area contributed by atoms with E-state index in [0.717, 1.165) is 18.4 Å². The molecule has 2 unspecified atom stereocenters. The van der Waals surface area contributed by atoms with E-state index in [1.807, 2.05) is 30.3 Å². The zero-order valence-corrected chi connectivity index (χ0v) is 21.9. The molecule has 1 fully saturated rings. The Morgan fingerprint density at radius 2 is 2.17 bits per heavy atom. The summed E-state index contributed by atoms with van der Waals surface area (Å²) in [5, 5.41) is 19.4. The summed E-state index contributed by atoms with van der Waals surface area (Å²) in [6, 6.07) is 8.53. The molecule has 2 N–H and O–H groups in total. The van der Waals surface area contributed by atoms with Crippen molar-refractivity contribution >= 4 is 53.1 Å². The van der Waals surface area contributed by atoms with Crippen LogP contribution in [0.1, 0.15) is 30.6 Å². The SMILES string of the molecule is CCCCOCSC(C(=O)N[C@H]1C(=O)N2C(C(=O)O)=C(CSc3nnco3)CSC12)c1ccccc1. The second kappa shape index (κ2) is 12.7. The fraction of sp³-hybridized carbons (Fsp3) is 0.435. The van der Waals surface area contributed by atoms with E-state index < -0.39 is 28.5 Å². The van der Waals surface area contributed by atoms with Crippen LogP contribution in [0.2, 0.25) is 0 Å². The van der Waals surface area contributed by atoms with Crippen LogP contribution in [0, 0.1) is 0 Å². The maximum atomic E-state index is 13.3. The predicted molar refractivity (Wildman–Crippen MR) is 137 cm³/mol. The number of ether oxygens (including phenoxy) is 1. The Morgan fingerprint density at radius 3 is 2.86 bits per heavy atom. The number of rotatable bonds is 13. The fourth-order valence-corrected chi connectivity index (χ4v) is 6.92. The molecule has 3 atom stereocenters. The highest BCUT2D eigenvalue weighted by molar-refractivity contribution is 8.01. The van der Waals surface area contributed by atoms with Crippen molar-refractivity contribution in [2.75, 3.05) is 24.1 Å². The number of hydrogen-bond donors (Lipinski definition) is 2. The number of aliphatic carboxylic acids is 1. The van der Waals surface area contributed by atoms with Crippen molar-refractivity contribution in [2.24, 2.45) is 0 Å². The number of carbonyl (C=O) groups excluding carboxylic acids is 2. The molecule has 1 aromatic carbocycles. The molecule has 0 saturated carbocycles. The van der Waals surface area contributed by atoms with E-state index in [1.54, 1.807) is 0 Å². The number of amides is 2. The van der Waals surface area contributed by atoms with Gasteiger partial charge in [-0.25, -0.2) is 4.79 Å². The normalized spacial score (nSPS) is 20.0.